The van der Waals surface area contributed by atoms with Gasteiger partial charge in [0.2, 0.25) is 0 Å². The van der Waals surface area contributed by atoms with Crippen LogP contribution in [0.4, 0.5) is 0 Å². The van der Waals surface area contributed by atoms with Gasteiger partial charge in [-0.2, -0.15) is 5.26 Å². The maximum absolute atomic E-state index is 8.82. The molecular weight excluding hydrogens is 224 g/mol. The average molecular weight is 239 g/mol. The third kappa shape index (κ3) is 2.73. The Bertz CT molecular complexity index is 389. The molecule has 0 amide bonds. The van der Waals surface area contributed by atoms with Crippen molar-refractivity contribution in [2.45, 2.75) is 19.1 Å². The molecule has 16 heavy (non-hydrogen) atoms. The van der Waals surface area contributed by atoms with Crippen molar-refractivity contribution < 1.29 is 4.74 Å². The molecule has 1 heterocycles. The van der Waals surface area contributed by atoms with E-state index in [0.717, 1.165) is 18.7 Å². The fourth-order valence-electron chi connectivity index (χ4n) is 1.89. The molecule has 0 spiro atoms. The molecule has 1 saturated heterocycles. The standard InChI is InChI=1S/C12H14N2O.ClH/c1-9-12(15-6-5-14-9)11-4-2-3-10(7-11)8-13;/h2-4,7,9,12,14H,5-6H2,1H3;1H. The Labute approximate surface area is 102 Å². The summed E-state index contributed by atoms with van der Waals surface area (Å²) in [5.74, 6) is 0. The molecule has 4 heteroatoms. The second kappa shape index (κ2) is 5.86. The molecule has 2 atom stereocenters. The van der Waals surface area contributed by atoms with Gasteiger partial charge in [0.15, 0.2) is 0 Å². The Balaban J connectivity index is 0.00000128. The highest BCUT2D eigenvalue weighted by molar-refractivity contribution is 5.85. The van der Waals surface area contributed by atoms with Crippen LogP contribution in [0.15, 0.2) is 24.3 Å². The van der Waals surface area contributed by atoms with Crippen molar-refractivity contribution in [3.8, 4) is 6.07 Å². The van der Waals surface area contributed by atoms with E-state index in [0.29, 0.717) is 11.6 Å². The summed E-state index contributed by atoms with van der Waals surface area (Å²) in [6, 6.07) is 10.1. The van der Waals surface area contributed by atoms with Crippen LogP contribution in [-0.2, 0) is 4.74 Å². The summed E-state index contributed by atoms with van der Waals surface area (Å²) >= 11 is 0. The van der Waals surface area contributed by atoms with Gasteiger partial charge >= 0.3 is 0 Å². The Kier molecular flexibility index (Phi) is 4.75. The van der Waals surface area contributed by atoms with Crippen LogP contribution < -0.4 is 5.32 Å². The number of morpholine rings is 1. The molecule has 0 saturated carbocycles. The zero-order valence-electron chi connectivity index (χ0n) is 9.14. The fraction of sp³-hybridized carbons (Fsp3) is 0.417. The minimum atomic E-state index is 0. The molecule has 86 valence electrons. The van der Waals surface area contributed by atoms with Crippen molar-refractivity contribution in [1.82, 2.24) is 5.32 Å². The molecule has 1 N–H and O–H groups in total. The number of ether oxygens (including phenoxy) is 1. The Hall–Kier alpha value is -1.08. The van der Waals surface area contributed by atoms with Gasteiger partial charge in [0, 0.05) is 12.6 Å². The molecule has 1 aromatic rings. The van der Waals surface area contributed by atoms with Gasteiger partial charge in [-0.25, -0.2) is 0 Å². The predicted octanol–water partition coefficient (Wildman–Crippen LogP) is 2.03. The van der Waals surface area contributed by atoms with Crippen LogP contribution in [0.2, 0.25) is 0 Å². The van der Waals surface area contributed by atoms with E-state index in [2.05, 4.69) is 18.3 Å². The maximum atomic E-state index is 8.82. The number of nitriles is 1. The van der Waals surface area contributed by atoms with Crippen LogP contribution in [-0.4, -0.2) is 19.2 Å². The lowest BCUT2D eigenvalue weighted by molar-refractivity contribution is -0.000233. The summed E-state index contributed by atoms with van der Waals surface area (Å²) in [5, 5.41) is 12.2. The molecule has 3 nitrogen and oxygen atoms in total. The van der Waals surface area contributed by atoms with E-state index < -0.39 is 0 Å². The van der Waals surface area contributed by atoms with Crippen molar-refractivity contribution in [2.24, 2.45) is 0 Å². The molecule has 0 aromatic heterocycles. The highest BCUT2D eigenvalue weighted by Crippen LogP contribution is 2.23. The average Bonchev–Trinajstić information content (AvgIpc) is 2.30. The summed E-state index contributed by atoms with van der Waals surface area (Å²) in [5.41, 5.74) is 1.77. The molecule has 2 unspecified atom stereocenters. The van der Waals surface area contributed by atoms with Crippen LogP contribution in [0, 0.1) is 11.3 Å². The van der Waals surface area contributed by atoms with Crippen LogP contribution >= 0.6 is 12.4 Å². The zero-order chi connectivity index (χ0) is 10.7. The largest absolute Gasteiger partial charge is 0.371 e. The summed E-state index contributed by atoms with van der Waals surface area (Å²) < 4.78 is 5.70. The first kappa shape index (κ1) is 13.0. The summed E-state index contributed by atoms with van der Waals surface area (Å²) in [6.07, 6.45) is 0.0621. The third-order valence-corrected chi connectivity index (χ3v) is 2.66. The van der Waals surface area contributed by atoms with E-state index in [1.807, 2.05) is 24.3 Å². The van der Waals surface area contributed by atoms with Gasteiger partial charge in [0.05, 0.1) is 24.3 Å². The predicted molar refractivity (Wildman–Crippen MR) is 64.6 cm³/mol. The van der Waals surface area contributed by atoms with Crippen LogP contribution in [0.5, 0.6) is 0 Å². The Morgan fingerprint density at radius 3 is 3.00 bits per heavy atom. The van der Waals surface area contributed by atoms with Gasteiger partial charge in [-0.05, 0) is 24.6 Å². The lowest BCUT2D eigenvalue weighted by atomic mass is 10.0. The third-order valence-electron chi connectivity index (χ3n) is 2.66. The SMILES string of the molecule is CC1NCCOC1c1cccc(C#N)c1.Cl. The first-order valence-electron chi connectivity index (χ1n) is 5.16. The monoisotopic (exact) mass is 238 g/mol. The maximum Gasteiger partial charge on any atom is 0.0991 e. The van der Waals surface area contributed by atoms with E-state index in [4.69, 9.17) is 10.00 Å². The minimum absolute atomic E-state index is 0. The lowest BCUT2D eigenvalue weighted by Gasteiger charge is -2.30. The molecule has 1 aromatic carbocycles. The van der Waals surface area contributed by atoms with Gasteiger partial charge in [-0.15, -0.1) is 12.4 Å². The number of rotatable bonds is 1. The molecule has 1 aliphatic rings. The van der Waals surface area contributed by atoms with Gasteiger partial charge < -0.3 is 10.1 Å². The second-order valence-electron chi connectivity index (χ2n) is 3.77. The molecule has 1 aliphatic heterocycles. The molecule has 1 fully saturated rings. The van der Waals surface area contributed by atoms with Crippen molar-refractivity contribution in [3.63, 3.8) is 0 Å². The van der Waals surface area contributed by atoms with Gasteiger partial charge in [0.1, 0.15) is 0 Å². The normalized spacial score (nSPS) is 24.2. The van der Waals surface area contributed by atoms with E-state index in [1.165, 1.54) is 0 Å². The van der Waals surface area contributed by atoms with Crippen molar-refractivity contribution in [1.29, 1.82) is 5.26 Å². The van der Waals surface area contributed by atoms with Crippen molar-refractivity contribution in [3.05, 3.63) is 35.4 Å². The number of nitrogens with one attached hydrogen (secondary N) is 1. The highest BCUT2D eigenvalue weighted by atomic mass is 35.5. The topological polar surface area (TPSA) is 45.0 Å². The van der Waals surface area contributed by atoms with Crippen molar-refractivity contribution >= 4 is 12.4 Å². The summed E-state index contributed by atoms with van der Waals surface area (Å²) in [6.45, 7) is 3.73. The van der Waals surface area contributed by atoms with E-state index in [-0.39, 0.29) is 18.5 Å². The number of benzene rings is 1. The minimum Gasteiger partial charge on any atom is -0.371 e. The second-order valence-corrected chi connectivity index (χ2v) is 3.77. The van der Waals surface area contributed by atoms with E-state index in [9.17, 15) is 0 Å². The first-order valence-corrected chi connectivity index (χ1v) is 5.16. The summed E-state index contributed by atoms with van der Waals surface area (Å²) in [7, 11) is 0. The lowest BCUT2D eigenvalue weighted by Crippen LogP contribution is -2.41. The summed E-state index contributed by atoms with van der Waals surface area (Å²) in [4.78, 5) is 0. The van der Waals surface area contributed by atoms with E-state index >= 15 is 0 Å². The number of halogens is 1. The van der Waals surface area contributed by atoms with Crippen LogP contribution in [0.3, 0.4) is 0 Å². The molecule has 0 radical (unpaired) electrons. The molecule has 0 aliphatic carbocycles. The van der Waals surface area contributed by atoms with Crippen LogP contribution in [0.1, 0.15) is 24.2 Å². The number of hydrogen-bond acceptors (Lipinski definition) is 3. The number of nitrogens with zero attached hydrogens (tertiary/aromatic N) is 1. The molecular formula is C12H15ClN2O. The Morgan fingerprint density at radius 1 is 1.50 bits per heavy atom. The van der Waals surface area contributed by atoms with Crippen LogP contribution in [0.25, 0.3) is 0 Å². The van der Waals surface area contributed by atoms with Crippen molar-refractivity contribution in [2.75, 3.05) is 13.2 Å². The smallest absolute Gasteiger partial charge is 0.0991 e. The van der Waals surface area contributed by atoms with Gasteiger partial charge in [-0.1, -0.05) is 12.1 Å². The Morgan fingerprint density at radius 2 is 2.31 bits per heavy atom. The van der Waals surface area contributed by atoms with Gasteiger partial charge in [0.25, 0.3) is 0 Å². The zero-order valence-corrected chi connectivity index (χ0v) is 9.96. The number of hydrogen-bond donors (Lipinski definition) is 1. The van der Waals surface area contributed by atoms with E-state index in [1.54, 1.807) is 0 Å². The quantitative estimate of drug-likeness (QED) is 0.814. The fourth-order valence-corrected chi connectivity index (χ4v) is 1.89. The highest BCUT2D eigenvalue weighted by Gasteiger charge is 2.23. The van der Waals surface area contributed by atoms with Gasteiger partial charge in [-0.3, -0.25) is 0 Å². The molecule has 2 rings (SSSR count). The molecule has 0 bridgehead atoms. The first-order chi connectivity index (χ1) is 7.31.